The van der Waals surface area contributed by atoms with Crippen LogP contribution < -0.4 is 9.62 Å². The van der Waals surface area contributed by atoms with Crippen LogP contribution in [0.15, 0.2) is 82.8 Å². The van der Waals surface area contributed by atoms with Gasteiger partial charge in [0.15, 0.2) is 6.61 Å². The predicted molar refractivity (Wildman–Crippen MR) is 128 cm³/mol. The molecule has 1 heterocycles. The first-order valence-electron chi connectivity index (χ1n) is 9.87. The Balaban J connectivity index is 1.76. The Hall–Kier alpha value is -3.27. The molecule has 0 atom stereocenters. The third-order valence-electron chi connectivity index (χ3n) is 4.53. The van der Waals surface area contributed by atoms with E-state index in [0.717, 1.165) is 10.4 Å². The van der Waals surface area contributed by atoms with Gasteiger partial charge in [0.2, 0.25) is 0 Å². The number of hydrogen-bond donors (Lipinski definition) is 1. The summed E-state index contributed by atoms with van der Waals surface area (Å²) in [5, 5.41) is 2.95. The fourth-order valence-corrected chi connectivity index (χ4v) is 4.66. The summed E-state index contributed by atoms with van der Waals surface area (Å²) in [5.41, 5.74) is 0.160. The summed E-state index contributed by atoms with van der Waals surface area (Å²) in [4.78, 5) is 24.3. The molecule has 0 saturated carbocycles. The second kappa shape index (κ2) is 11.2. The molecule has 11 heteroatoms. The number of esters is 1. The second-order valence-electron chi connectivity index (χ2n) is 6.88. The number of rotatable bonds is 10. The minimum Gasteiger partial charge on any atom is -0.467 e. The molecule has 34 heavy (non-hydrogen) atoms. The van der Waals surface area contributed by atoms with Gasteiger partial charge in [0.1, 0.15) is 5.76 Å². The summed E-state index contributed by atoms with van der Waals surface area (Å²) in [6, 6.07) is 13.2. The van der Waals surface area contributed by atoms with Gasteiger partial charge >= 0.3 is 5.97 Å². The fraction of sp³-hybridized carbons (Fsp3) is 0.130. The van der Waals surface area contributed by atoms with Crippen LogP contribution in [0.4, 0.5) is 5.69 Å². The van der Waals surface area contributed by atoms with Crippen molar-refractivity contribution in [2.24, 2.45) is 0 Å². The van der Waals surface area contributed by atoms with Crippen LogP contribution in [0.25, 0.3) is 0 Å². The highest BCUT2D eigenvalue weighted by atomic mass is 35.5. The van der Waals surface area contributed by atoms with Crippen LogP contribution in [0.5, 0.6) is 0 Å². The summed E-state index contributed by atoms with van der Waals surface area (Å²) >= 11 is 12.0. The smallest absolute Gasteiger partial charge is 0.340 e. The van der Waals surface area contributed by atoms with E-state index in [1.54, 1.807) is 36.4 Å². The van der Waals surface area contributed by atoms with Gasteiger partial charge in [-0.1, -0.05) is 29.3 Å². The molecule has 3 aromatic rings. The van der Waals surface area contributed by atoms with E-state index in [0.29, 0.717) is 16.5 Å². The molecule has 0 bridgehead atoms. The predicted octanol–water partition coefficient (Wildman–Crippen LogP) is 4.44. The highest BCUT2D eigenvalue weighted by molar-refractivity contribution is 7.92. The van der Waals surface area contributed by atoms with Crippen LogP contribution in [0.1, 0.15) is 16.1 Å². The lowest BCUT2D eigenvalue weighted by atomic mass is 10.2. The molecular formula is C23H20Cl2N2O6S. The zero-order valence-electron chi connectivity index (χ0n) is 17.7. The number of ether oxygens (including phenoxy) is 1. The van der Waals surface area contributed by atoms with Crippen molar-refractivity contribution >= 4 is 50.8 Å². The van der Waals surface area contributed by atoms with Crippen molar-refractivity contribution < 1.29 is 27.2 Å². The number of sulfonamides is 1. The van der Waals surface area contributed by atoms with E-state index >= 15 is 0 Å². The third-order valence-corrected chi connectivity index (χ3v) is 6.90. The van der Waals surface area contributed by atoms with Crippen LogP contribution in [0.2, 0.25) is 10.0 Å². The highest BCUT2D eigenvalue weighted by Gasteiger charge is 2.26. The zero-order chi connectivity index (χ0) is 24.7. The first kappa shape index (κ1) is 25.4. The molecule has 8 nitrogen and oxygen atoms in total. The number of nitrogens with zero attached hydrogens (tertiary/aromatic N) is 1. The maximum Gasteiger partial charge on any atom is 0.340 e. The van der Waals surface area contributed by atoms with Gasteiger partial charge in [0.05, 0.1) is 40.5 Å². The molecule has 0 radical (unpaired) electrons. The zero-order valence-corrected chi connectivity index (χ0v) is 20.1. The monoisotopic (exact) mass is 522 g/mol. The van der Waals surface area contributed by atoms with Gasteiger partial charge in [-0.15, -0.1) is 6.58 Å². The van der Waals surface area contributed by atoms with Crippen LogP contribution >= 0.6 is 23.2 Å². The highest BCUT2D eigenvalue weighted by Crippen LogP contribution is 2.28. The molecule has 1 aromatic heterocycles. The molecule has 0 aliphatic carbocycles. The lowest BCUT2D eigenvalue weighted by Gasteiger charge is -2.23. The fourth-order valence-electron chi connectivity index (χ4n) is 2.87. The lowest BCUT2D eigenvalue weighted by molar-refractivity contribution is -0.124. The summed E-state index contributed by atoms with van der Waals surface area (Å²) in [6.45, 7) is 3.13. The van der Waals surface area contributed by atoms with E-state index in [1.165, 1.54) is 24.5 Å². The van der Waals surface area contributed by atoms with Gasteiger partial charge in [-0.2, -0.15) is 0 Å². The van der Waals surface area contributed by atoms with Gasteiger partial charge in [-0.3, -0.25) is 9.10 Å². The topological polar surface area (TPSA) is 106 Å². The van der Waals surface area contributed by atoms with E-state index in [9.17, 15) is 18.0 Å². The summed E-state index contributed by atoms with van der Waals surface area (Å²) < 4.78 is 37.9. The molecular weight excluding hydrogens is 503 g/mol. The Kier molecular flexibility index (Phi) is 8.38. The van der Waals surface area contributed by atoms with E-state index in [2.05, 4.69) is 11.9 Å². The number of nitrogens with one attached hydrogen (secondary N) is 1. The van der Waals surface area contributed by atoms with Crippen molar-refractivity contribution in [2.45, 2.75) is 11.4 Å². The third kappa shape index (κ3) is 6.19. The van der Waals surface area contributed by atoms with E-state index in [1.807, 2.05) is 0 Å². The minimum atomic E-state index is -4.10. The lowest BCUT2D eigenvalue weighted by Crippen LogP contribution is -2.31. The van der Waals surface area contributed by atoms with Gasteiger partial charge in [0, 0.05) is 5.02 Å². The van der Waals surface area contributed by atoms with Crippen LogP contribution in [-0.4, -0.2) is 33.4 Å². The standard InChI is InChI=1S/C23H20Cl2N2O6S/c1-2-11-27(17-7-5-16(24)6-8-17)34(30,31)19-9-10-21(25)20(13-19)23(29)33-15-22(28)26-14-18-4-3-12-32-18/h2-10,12-13H,1,11,14-15H2,(H,26,28). The number of carbonyl (C=O) groups excluding carboxylic acids is 2. The van der Waals surface area contributed by atoms with Crippen molar-refractivity contribution in [3.8, 4) is 0 Å². The molecule has 178 valence electrons. The van der Waals surface area contributed by atoms with Crippen LogP contribution in [0.3, 0.4) is 0 Å². The summed E-state index contributed by atoms with van der Waals surface area (Å²) in [5.74, 6) is -0.980. The van der Waals surface area contributed by atoms with Crippen LogP contribution in [0, 0.1) is 0 Å². The quantitative estimate of drug-likeness (QED) is 0.311. The molecule has 1 N–H and O–H groups in total. The second-order valence-corrected chi connectivity index (χ2v) is 9.58. The molecule has 0 saturated heterocycles. The number of amides is 1. The number of anilines is 1. The maximum absolute atomic E-state index is 13.3. The van der Waals surface area contributed by atoms with Crippen molar-refractivity contribution in [3.63, 3.8) is 0 Å². The van der Waals surface area contributed by atoms with Crippen LogP contribution in [-0.2, 0) is 26.1 Å². The molecule has 0 fully saturated rings. The number of furan rings is 1. The number of hydrogen-bond acceptors (Lipinski definition) is 6. The molecule has 0 unspecified atom stereocenters. The number of benzene rings is 2. The van der Waals surface area contributed by atoms with Gasteiger partial charge in [-0.05, 0) is 54.6 Å². The first-order chi connectivity index (χ1) is 16.2. The molecule has 0 aliphatic heterocycles. The van der Waals surface area contributed by atoms with E-state index in [-0.39, 0.29) is 28.6 Å². The Morgan fingerprint density at radius 2 is 1.85 bits per heavy atom. The first-order valence-corrected chi connectivity index (χ1v) is 12.1. The Morgan fingerprint density at radius 3 is 2.50 bits per heavy atom. The molecule has 0 aliphatic rings. The Labute approximate surface area is 206 Å². The number of carbonyl (C=O) groups is 2. The Morgan fingerprint density at radius 1 is 1.12 bits per heavy atom. The average molecular weight is 523 g/mol. The van der Waals surface area contributed by atoms with E-state index < -0.39 is 28.5 Å². The van der Waals surface area contributed by atoms with Crippen molar-refractivity contribution in [1.82, 2.24) is 5.32 Å². The minimum absolute atomic E-state index is 0.0256. The molecule has 0 spiro atoms. The maximum atomic E-state index is 13.3. The Bertz CT molecular complexity index is 1280. The van der Waals surface area contributed by atoms with Gasteiger partial charge in [0.25, 0.3) is 15.9 Å². The molecule has 1 amide bonds. The summed E-state index contributed by atoms with van der Waals surface area (Å²) in [6.07, 6.45) is 2.90. The SMILES string of the molecule is C=CCN(c1ccc(Cl)cc1)S(=O)(=O)c1ccc(Cl)c(C(=O)OCC(=O)NCc2ccco2)c1. The van der Waals surface area contributed by atoms with Crippen molar-refractivity contribution in [1.29, 1.82) is 0 Å². The van der Waals surface area contributed by atoms with Crippen molar-refractivity contribution in [3.05, 3.63) is 94.9 Å². The van der Waals surface area contributed by atoms with Gasteiger partial charge < -0.3 is 14.5 Å². The largest absolute Gasteiger partial charge is 0.467 e. The number of halogens is 2. The molecule has 2 aromatic carbocycles. The van der Waals surface area contributed by atoms with Crippen molar-refractivity contribution in [2.75, 3.05) is 17.5 Å². The van der Waals surface area contributed by atoms with E-state index in [4.69, 9.17) is 32.4 Å². The van der Waals surface area contributed by atoms with Gasteiger partial charge in [-0.25, -0.2) is 13.2 Å². The normalized spacial score (nSPS) is 11.0. The average Bonchev–Trinajstić information content (AvgIpc) is 3.34. The summed E-state index contributed by atoms with van der Waals surface area (Å²) in [7, 11) is -4.10. The molecule has 3 rings (SSSR count).